The highest BCUT2D eigenvalue weighted by Gasteiger charge is 2.58. The monoisotopic (exact) mass is 867 g/mol. The van der Waals surface area contributed by atoms with Gasteiger partial charge in [0.2, 0.25) is 0 Å². The van der Waals surface area contributed by atoms with E-state index in [0.717, 1.165) is 58.8 Å². The van der Waals surface area contributed by atoms with Gasteiger partial charge in [-0.15, -0.1) is 0 Å². The normalized spacial score (nSPS) is 35.5. The van der Waals surface area contributed by atoms with E-state index >= 15 is 0 Å². The number of phenolic OH excluding ortho intramolecular Hbond substituents is 1. The molecule has 2 heterocycles. The molecule has 64 heavy (non-hydrogen) atoms. The van der Waals surface area contributed by atoms with Crippen molar-refractivity contribution < 1.29 is 34.8 Å². The molecule has 10 heteroatoms. The number of nitrogens with one attached hydrogen (secondary N) is 2. The summed E-state index contributed by atoms with van der Waals surface area (Å²) in [4.78, 5) is 27.1. The van der Waals surface area contributed by atoms with Crippen molar-refractivity contribution in [3.63, 3.8) is 0 Å². The highest BCUT2D eigenvalue weighted by Crippen LogP contribution is 2.58. The lowest BCUT2D eigenvalue weighted by Crippen LogP contribution is -2.64. The molecule has 7 aliphatic rings. The lowest BCUT2D eigenvalue weighted by Gasteiger charge is -2.60. The number of allylic oxidation sites excluding steroid dienone is 2. The van der Waals surface area contributed by atoms with E-state index < -0.39 is 29.6 Å². The first-order chi connectivity index (χ1) is 31.0. The fourth-order valence-corrected chi connectivity index (χ4v) is 14.1. The number of phenols is 1. The maximum absolute atomic E-state index is 14.5. The van der Waals surface area contributed by atoms with E-state index in [1.807, 2.05) is 24.3 Å². The van der Waals surface area contributed by atoms with Gasteiger partial charge in [-0.2, -0.15) is 0 Å². The third-order valence-corrected chi connectivity index (χ3v) is 17.2. The number of aryl methyl sites for hydroxylation is 1. The maximum atomic E-state index is 14.5. The van der Waals surface area contributed by atoms with Gasteiger partial charge in [0, 0.05) is 43.7 Å². The number of carbonyl (C=O) groups is 2. The first kappa shape index (κ1) is 43.2. The van der Waals surface area contributed by atoms with Gasteiger partial charge in [0.25, 0.3) is 0 Å². The number of fused-ring (bicyclic) bond motifs is 2. The molecule has 4 saturated carbocycles. The van der Waals surface area contributed by atoms with Crippen molar-refractivity contribution in [3.8, 4) is 23.3 Å². The Morgan fingerprint density at radius 3 is 2.59 bits per heavy atom. The van der Waals surface area contributed by atoms with Crippen LogP contribution in [0, 0.1) is 58.7 Å². The minimum atomic E-state index is -1.21. The lowest BCUT2D eigenvalue weighted by atomic mass is 9.48. The molecule has 1 saturated heterocycles. The van der Waals surface area contributed by atoms with E-state index in [1.165, 1.54) is 7.11 Å². The average Bonchev–Trinajstić information content (AvgIpc) is 3.34. The Hall–Kier alpha value is -4.66. The number of aromatic hydroxyl groups is 1. The molecule has 10 nitrogen and oxygen atoms in total. The molecule has 10 rings (SSSR count). The molecule has 14 atom stereocenters. The van der Waals surface area contributed by atoms with Crippen molar-refractivity contribution in [1.82, 2.24) is 10.6 Å². The number of rotatable bonds is 9. The Bertz CT molecular complexity index is 2420. The quantitative estimate of drug-likeness (QED) is 0.117. The summed E-state index contributed by atoms with van der Waals surface area (Å²) in [6.45, 7) is 1.48. The van der Waals surface area contributed by atoms with Crippen molar-refractivity contribution in [2.45, 2.75) is 120 Å². The molecule has 8 N–H and O–H groups in total. The highest BCUT2D eigenvalue weighted by atomic mass is 16.5. The van der Waals surface area contributed by atoms with Gasteiger partial charge >= 0.3 is 0 Å². The maximum Gasteiger partial charge on any atom is 0.160 e. The molecule has 14 unspecified atom stereocenters. The van der Waals surface area contributed by atoms with Crippen molar-refractivity contribution in [2.24, 2.45) is 52.6 Å². The standard InChI is InChI=1S/C54H65N3O7/c1-64-48-23-35-9-11-49(62)54(16-13-33(24-50(54)63)37-19-39-29-57-45-27-41(59)20-38-22-46(60)44(21-37)52(39)53(38)45)15-12-31(43(35)28-47(48)61)8-10-40(58)26-42(36-14-17-56-51(55)25-36)34-7-6-30-4-2-3-5-32(30)18-34/h2-7,14,18,23,25,28,31,33,37-40,42,44-46,50,52-53,56-58,60-61,63H,8-11,13,16-17,19-22,24,26-27,29,55H2,1H3. The van der Waals surface area contributed by atoms with Crippen LogP contribution in [0.15, 0.2) is 78.1 Å². The summed E-state index contributed by atoms with van der Waals surface area (Å²) in [7, 11) is 1.52. The van der Waals surface area contributed by atoms with Crippen LogP contribution in [-0.4, -0.2) is 76.5 Å². The van der Waals surface area contributed by atoms with Crippen LogP contribution in [0.25, 0.3) is 10.8 Å². The largest absolute Gasteiger partial charge is 0.504 e. The van der Waals surface area contributed by atoms with Crippen molar-refractivity contribution in [1.29, 1.82) is 0 Å². The van der Waals surface area contributed by atoms with E-state index in [4.69, 9.17) is 10.5 Å². The molecule has 338 valence electrons. The summed E-state index contributed by atoms with van der Waals surface area (Å²) in [5.41, 5.74) is 8.92. The third kappa shape index (κ3) is 8.05. The van der Waals surface area contributed by atoms with Gasteiger partial charge in [0.05, 0.1) is 31.2 Å². The zero-order chi connectivity index (χ0) is 44.3. The number of hydrogen-bond donors (Lipinski definition) is 7. The predicted octanol–water partition coefficient (Wildman–Crippen LogP) is 6.54. The lowest BCUT2D eigenvalue weighted by molar-refractivity contribution is -0.149. The van der Waals surface area contributed by atoms with Crippen molar-refractivity contribution in [3.05, 3.63) is 94.8 Å². The number of ketones is 2. The second kappa shape index (κ2) is 17.6. The number of nitrogens with two attached hydrogens (primary N) is 1. The van der Waals surface area contributed by atoms with E-state index in [-0.39, 0.29) is 47.7 Å². The van der Waals surface area contributed by atoms with Gasteiger partial charge in [0.1, 0.15) is 11.2 Å². The summed E-state index contributed by atoms with van der Waals surface area (Å²) in [6, 6.07) is 18.5. The first-order valence-electron chi connectivity index (χ1n) is 24.1. The molecule has 0 bridgehead atoms. The molecular formula is C54H65N3O7. The van der Waals surface area contributed by atoms with E-state index in [1.54, 1.807) is 6.07 Å². The minimum absolute atomic E-state index is 0.00186. The van der Waals surface area contributed by atoms with E-state index in [2.05, 4.69) is 58.9 Å². The number of aliphatic hydroxyl groups is 3. The Balaban J connectivity index is 0.890. The Kier molecular flexibility index (Phi) is 11.9. The van der Waals surface area contributed by atoms with Gasteiger partial charge in [0.15, 0.2) is 17.3 Å². The summed E-state index contributed by atoms with van der Waals surface area (Å²) >= 11 is 0. The number of aliphatic hydroxyl groups excluding tert-OH is 3. The fraction of sp³-hybridized carbons (Fsp3) is 0.556. The smallest absolute Gasteiger partial charge is 0.160 e. The molecular weight excluding hydrogens is 803 g/mol. The van der Waals surface area contributed by atoms with Crippen LogP contribution in [0.1, 0.15) is 106 Å². The molecule has 0 amide bonds. The topological polar surface area (TPSA) is 174 Å². The summed E-state index contributed by atoms with van der Waals surface area (Å²) in [5.74, 6) is 10.0. The SMILES string of the molecule is COc1cc2c(cc1O)C(CCC(O)CC(C1=CCNC(N)=C1)c1ccc3ccccc3c1)C#CC1(CCC(C3CC4CNC5CC(=O)CC6CC(O)C(C3)C4C65)CC1O)C(=O)CC2. The van der Waals surface area contributed by atoms with Crippen LogP contribution in [0.4, 0.5) is 0 Å². The second-order valence-corrected chi connectivity index (χ2v) is 20.6. The Morgan fingerprint density at radius 1 is 0.938 bits per heavy atom. The van der Waals surface area contributed by atoms with Crippen LogP contribution in [-0.2, 0) is 16.0 Å². The molecule has 5 aliphatic carbocycles. The molecule has 2 aliphatic heterocycles. The molecule has 3 aromatic carbocycles. The van der Waals surface area contributed by atoms with Crippen LogP contribution < -0.4 is 21.1 Å². The predicted molar refractivity (Wildman–Crippen MR) is 246 cm³/mol. The number of ether oxygens (including phenoxy) is 1. The van der Waals surface area contributed by atoms with Crippen LogP contribution >= 0.6 is 0 Å². The zero-order valence-electron chi connectivity index (χ0n) is 37.1. The summed E-state index contributed by atoms with van der Waals surface area (Å²) in [6.07, 6.45) is 9.71. The van der Waals surface area contributed by atoms with Crippen LogP contribution in [0.3, 0.4) is 0 Å². The van der Waals surface area contributed by atoms with Gasteiger partial charge in [-0.05, 0) is 163 Å². The molecule has 1 spiro atoms. The van der Waals surface area contributed by atoms with E-state index in [0.29, 0.717) is 105 Å². The van der Waals surface area contributed by atoms with Gasteiger partial charge < -0.3 is 41.5 Å². The molecule has 0 radical (unpaired) electrons. The van der Waals surface area contributed by atoms with Crippen molar-refractivity contribution >= 4 is 22.3 Å². The second-order valence-electron chi connectivity index (χ2n) is 20.6. The average molecular weight is 868 g/mol. The van der Waals surface area contributed by atoms with E-state index in [9.17, 15) is 30.0 Å². The minimum Gasteiger partial charge on any atom is -0.504 e. The summed E-state index contributed by atoms with van der Waals surface area (Å²) in [5, 5.41) is 56.1. The zero-order valence-corrected chi connectivity index (χ0v) is 37.1. The summed E-state index contributed by atoms with van der Waals surface area (Å²) < 4.78 is 5.53. The number of methoxy groups -OCH3 is 1. The van der Waals surface area contributed by atoms with Gasteiger partial charge in [-0.25, -0.2) is 0 Å². The number of benzene rings is 3. The number of dihydropyridines is 1. The number of carbonyl (C=O) groups excluding carboxylic acids is 2. The Labute approximate surface area is 377 Å². The van der Waals surface area contributed by atoms with Crippen molar-refractivity contribution in [2.75, 3.05) is 20.2 Å². The van der Waals surface area contributed by atoms with Crippen LogP contribution in [0.2, 0.25) is 0 Å². The number of Topliss-reactive ketones (excluding diaryl/α,β-unsaturated/α-hetero) is 2. The number of hydrogen-bond acceptors (Lipinski definition) is 10. The Morgan fingerprint density at radius 2 is 1.78 bits per heavy atom. The highest BCUT2D eigenvalue weighted by molar-refractivity contribution is 5.89. The molecule has 5 fully saturated rings. The van der Waals surface area contributed by atoms with Crippen LogP contribution in [0.5, 0.6) is 11.5 Å². The fourth-order valence-electron chi connectivity index (χ4n) is 14.1. The molecule has 3 aromatic rings. The number of piperidine rings is 1. The van der Waals surface area contributed by atoms with Gasteiger partial charge in [-0.1, -0.05) is 60.4 Å². The molecule has 0 aromatic heterocycles. The van der Waals surface area contributed by atoms with Gasteiger partial charge in [-0.3, -0.25) is 9.59 Å². The first-order valence-corrected chi connectivity index (χ1v) is 24.1. The third-order valence-electron chi connectivity index (χ3n) is 17.2.